The molecule has 0 aliphatic heterocycles. The van der Waals surface area contributed by atoms with E-state index in [2.05, 4.69) is 0 Å². The quantitative estimate of drug-likeness (QED) is 0.675. The lowest BCUT2D eigenvalue weighted by molar-refractivity contribution is 0.306. The number of halogens is 1. The van der Waals surface area contributed by atoms with Gasteiger partial charge in [0.1, 0.15) is 12.4 Å². The van der Waals surface area contributed by atoms with Crippen molar-refractivity contribution >= 4 is 17.3 Å². The van der Waals surface area contributed by atoms with Crippen molar-refractivity contribution in [3.8, 4) is 16.9 Å². The summed E-state index contributed by atoms with van der Waals surface area (Å²) in [5.74, 6) is 0.758. The number of benzene rings is 3. The second-order valence-electron chi connectivity index (χ2n) is 5.07. The standard InChI is InChI=1S/C19H16ClNO/c20-17-8-6-15(7-9-17)16-10-18(21)12-19(11-16)22-13-14-4-2-1-3-5-14/h1-12H,13,21H2. The summed E-state index contributed by atoms with van der Waals surface area (Å²) in [5, 5.41) is 0.716. The van der Waals surface area contributed by atoms with Gasteiger partial charge in [0.25, 0.3) is 0 Å². The van der Waals surface area contributed by atoms with Gasteiger partial charge in [-0.25, -0.2) is 0 Å². The Labute approximate surface area is 135 Å². The number of anilines is 1. The molecule has 0 fully saturated rings. The highest BCUT2D eigenvalue weighted by atomic mass is 35.5. The van der Waals surface area contributed by atoms with Crippen molar-refractivity contribution in [1.82, 2.24) is 0 Å². The molecule has 0 spiro atoms. The van der Waals surface area contributed by atoms with Gasteiger partial charge >= 0.3 is 0 Å². The molecule has 0 unspecified atom stereocenters. The molecule has 2 nitrogen and oxygen atoms in total. The van der Waals surface area contributed by atoms with E-state index in [0.29, 0.717) is 17.3 Å². The second kappa shape index (κ2) is 6.54. The van der Waals surface area contributed by atoms with Crippen molar-refractivity contribution in [3.63, 3.8) is 0 Å². The van der Waals surface area contributed by atoms with Crippen LogP contribution < -0.4 is 10.5 Å². The van der Waals surface area contributed by atoms with E-state index < -0.39 is 0 Å². The summed E-state index contributed by atoms with van der Waals surface area (Å²) in [6.07, 6.45) is 0. The van der Waals surface area contributed by atoms with Gasteiger partial charge in [-0.1, -0.05) is 54.1 Å². The van der Waals surface area contributed by atoms with E-state index in [1.54, 1.807) is 0 Å². The first-order chi connectivity index (χ1) is 10.7. The molecule has 0 saturated heterocycles. The maximum absolute atomic E-state index is 5.99. The van der Waals surface area contributed by atoms with Crippen LogP contribution in [0.25, 0.3) is 11.1 Å². The van der Waals surface area contributed by atoms with Crippen LogP contribution in [0.4, 0.5) is 5.69 Å². The van der Waals surface area contributed by atoms with Crippen LogP contribution in [0.3, 0.4) is 0 Å². The van der Waals surface area contributed by atoms with Crippen LogP contribution in [-0.4, -0.2) is 0 Å². The Balaban J connectivity index is 1.82. The molecular formula is C19H16ClNO. The summed E-state index contributed by atoms with van der Waals surface area (Å²) >= 11 is 5.93. The van der Waals surface area contributed by atoms with E-state index in [1.807, 2.05) is 72.8 Å². The summed E-state index contributed by atoms with van der Waals surface area (Å²) in [5.41, 5.74) is 9.86. The number of hydrogen-bond acceptors (Lipinski definition) is 2. The Morgan fingerprint density at radius 1 is 0.818 bits per heavy atom. The first kappa shape index (κ1) is 14.5. The summed E-state index contributed by atoms with van der Waals surface area (Å²) in [6.45, 7) is 0.518. The average molecular weight is 310 g/mol. The van der Waals surface area contributed by atoms with Crippen molar-refractivity contribution in [2.24, 2.45) is 0 Å². The molecule has 3 aromatic rings. The van der Waals surface area contributed by atoms with Gasteiger partial charge in [0.05, 0.1) is 0 Å². The van der Waals surface area contributed by atoms with Crippen molar-refractivity contribution in [1.29, 1.82) is 0 Å². The molecule has 3 heteroatoms. The minimum atomic E-state index is 0.518. The van der Waals surface area contributed by atoms with Crippen LogP contribution in [0.15, 0.2) is 72.8 Å². The lowest BCUT2D eigenvalue weighted by Gasteiger charge is -2.10. The first-order valence-corrected chi connectivity index (χ1v) is 7.42. The molecule has 0 aromatic heterocycles. The summed E-state index contributed by atoms with van der Waals surface area (Å²) in [4.78, 5) is 0. The predicted molar refractivity (Wildman–Crippen MR) is 92.1 cm³/mol. The van der Waals surface area contributed by atoms with Gasteiger partial charge in [-0.05, 0) is 41.0 Å². The Hall–Kier alpha value is -2.45. The van der Waals surface area contributed by atoms with Crippen LogP contribution in [0, 0.1) is 0 Å². The molecule has 0 atom stereocenters. The average Bonchev–Trinajstić information content (AvgIpc) is 2.54. The van der Waals surface area contributed by atoms with E-state index in [-0.39, 0.29) is 0 Å². The fraction of sp³-hybridized carbons (Fsp3) is 0.0526. The number of nitrogen functional groups attached to an aromatic ring is 1. The van der Waals surface area contributed by atoms with E-state index >= 15 is 0 Å². The summed E-state index contributed by atoms with van der Waals surface area (Å²) < 4.78 is 5.85. The molecule has 0 saturated carbocycles. The monoisotopic (exact) mass is 309 g/mol. The van der Waals surface area contributed by atoms with Crippen LogP contribution in [-0.2, 0) is 6.61 Å². The minimum Gasteiger partial charge on any atom is -0.489 e. The normalized spacial score (nSPS) is 10.4. The zero-order chi connectivity index (χ0) is 15.4. The molecule has 2 N–H and O–H groups in total. The molecule has 0 bridgehead atoms. The van der Waals surface area contributed by atoms with E-state index in [1.165, 1.54) is 0 Å². The molecule has 0 aliphatic carbocycles. The van der Waals surface area contributed by atoms with Gasteiger partial charge in [0, 0.05) is 16.8 Å². The SMILES string of the molecule is Nc1cc(OCc2ccccc2)cc(-c2ccc(Cl)cc2)c1. The van der Waals surface area contributed by atoms with E-state index in [9.17, 15) is 0 Å². The fourth-order valence-corrected chi connectivity index (χ4v) is 2.38. The van der Waals surface area contributed by atoms with Crippen molar-refractivity contribution in [2.75, 3.05) is 5.73 Å². The number of nitrogens with two attached hydrogens (primary N) is 1. The van der Waals surface area contributed by atoms with Crippen LogP contribution in [0.5, 0.6) is 5.75 Å². The molecular weight excluding hydrogens is 294 g/mol. The first-order valence-electron chi connectivity index (χ1n) is 7.04. The van der Waals surface area contributed by atoms with E-state index in [4.69, 9.17) is 22.1 Å². The number of hydrogen-bond donors (Lipinski definition) is 1. The van der Waals surface area contributed by atoms with Crippen LogP contribution in [0.1, 0.15) is 5.56 Å². The van der Waals surface area contributed by atoms with Gasteiger partial charge in [-0.15, -0.1) is 0 Å². The maximum atomic E-state index is 5.99. The number of ether oxygens (including phenoxy) is 1. The smallest absolute Gasteiger partial charge is 0.122 e. The molecule has 22 heavy (non-hydrogen) atoms. The Morgan fingerprint density at radius 3 is 2.27 bits per heavy atom. The molecule has 0 radical (unpaired) electrons. The van der Waals surface area contributed by atoms with Gasteiger partial charge in [-0.2, -0.15) is 0 Å². The van der Waals surface area contributed by atoms with Gasteiger partial charge in [0.2, 0.25) is 0 Å². The molecule has 0 heterocycles. The predicted octanol–water partition coefficient (Wildman–Crippen LogP) is 5.17. The van der Waals surface area contributed by atoms with Crippen molar-refractivity contribution in [3.05, 3.63) is 83.4 Å². The highest BCUT2D eigenvalue weighted by Gasteiger charge is 2.04. The fourth-order valence-electron chi connectivity index (χ4n) is 2.26. The van der Waals surface area contributed by atoms with Crippen molar-refractivity contribution < 1.29 is 4.74 Å². The zero-order valence-electron chi connectivity index (χ0n) is 12.0. The summed E-state index contributed by atoms with van der Waals surface area (Å²) in [7, 11) is 0. The molecule has 110 valence electrons. The highest BCUT2D eigenvalue weighted by molar-refractivity contribution is 6.30. The van der Waals surface area contributed by atoms with E-state index in [0.717, 1.165) is 22.4 Å². The lowest BCUT2D eigenvalue weighted by Crippen LogP contribution is -1.96. The van der Waals surface area contributed by atoms with Crippen molar-refractivity contribution in [2.45, 2.75) is 6.61 Å². The Morgan fingerprint density at radius 2 is 1.55 bits per heavy atom. The molecule has 3 rings (SSSR count). The highest BCUT2D eigenvalue weighted by Crippen LogP contribution is 2.28. The Kier molecular flexibility index (Phi) is 4.31. The van der Waals surface area contributed by atoms with Crippen LogP contribution >= 0.6 is 11.6 Å². The molecule has 3 aromatic carbocycles. The maximum Gasteiger partial charge on any atom is 0.122 e. The van der Waals surface area contributed by atoms with Gasteiger partial charge < -0.3 is 10.5 Å². The summed E-state index contributed by atoms with van der Waals surface area (Å²) in [6, 6.07) is 23.5. The molecule has 0 aliphatic rings. The third-order valence-electron chi connectivity index (χ3n) is 3.35. The lowest BCUT2D eigenvalue weighted by atomic mass is 10.0. The third kappa shape index (κ3) is 3.60. The van der Waals surface area contributed by atoms with Gasteiger partial charge in [-0.3, -0.25) is 0 Å². The molecule has 0 amide bonds. The third-order valence-corrected chi connectivity index (χ3v) is 3.61. The minimum absolute atomic E-state index is 0.518. The van der Waals surface area contributed by atoms with Crippen LogP contribution in [0.2, 0.25) is 5.02 Å². The van der Waals surface area contributed by atoms with Gasteiger partial charge in [0.15, 0.2) is 0 Å². The second-order valence-corrected chi connectivity index (χ2v) is 5.51. The number of rotatable bonds is 4. The zero-order valence-corrected chi connectivity index (χ0v) is 12.8. The largest absolute Gasteiger partial charge is 0.489 e. The topological polar surface area (TPSA) is 35.2 Å². The Bertz CT molecular complexity index is 754.